The standard InChI is InChI=1S/C20H22N4O2S/c1-20(2,3)14-11-9-13(10-12-14)17-23-24-19(27-17)22-18(25)21-15-7-5-6-8-16(15)26-4/h5-12H,1-4H3,(H2,21,22,24,25). The van der Waals surface area contributed by atoms with Crippen LogP contribution in [0.25, 0.3) is 10.6 Å². The van der Waals surface area contributed by atoms with E-state index in [1.54, 1.807) is 19.2 Å². The lowest BCUT2D eigenvalue weighted by molar-refractivity contribution is 0.262. The SMILES string of the molecule is COc1ccccc1NC(=O)Nc1nnc(-c2ccc(C(C)(C)C)cc2)s1. The van der Waals surface area contributed by atoms with Crippen molar-refractivity contribution < 1.29 is 9.53 Å². The molecular weight excluding hydrogens is 360 g/mol. The number of nitrogens with one attached hydrogen (secondary N) is 2. The highest BCUT2D eigenvalue weighted by Crippen LogP contribution is 2.29. The van der Waals surface area contributed by atoms with E-state index in [9.17, 15) is 4.79 Å². The summed E-state index contributed by atoms with van der Waals surface area (Å²) < 4.78 is 5.22. The topological polar surface area (TPSA) is 76.1 Å². The molecule has 2 aromatic carbocycles. The summed E-state index contributed by atoms with van der Waals surface area (Å²) in [4.78, 5) is 12.2. The number of rotatable bonds is 4. The molecule has 0 fully saturated rings. The van der Waals surface area contributed by atoms with Gasteiger partial charge >= 0.3 is 6.03 Å². The summed E-state index contributed by atoms with van der Waals surface area (Å²) in [5.74, 6) is 0.588. The molecule has 0 spiro atoms. The predicted molar refractivity (Wildman–Crippen MR) is 110 cm³/mol. The van der Waals surface area contributed by atoms with E-state index in [1.807, 2.05) is 24.3 Å². The van der Waals surface area contributed by atoms with Gasteiger partial charge in [0.15, 0.2) is 0 Å². The van der Waals surface area contributed by atoms with Crippen LogP contribution in [-0.4, -0.2) is 23.3 Å². The summed E-state index contributed by atoms with van der Waals surface area (Å²) in [7, 11) is 1.56. The molecular formula is C20H22N4O2S. The number of hydrogen-bond acceptors (Lipinski definition) is 5. The van der Waals surface area contributed by atoms with E-state index in [1.165, 1.54) is 16.9 Å². The monoisotopic (exact) mass is 382 g/mol. The van der Waals surface area contributed by atoms with Gasteiger partial charge in [-0.05, 0) is 23.1 Å². The highest BCUT2D eigenvalue weighted by Gasteiger charge is 2.15. The lowest BCUT2D eigenvalue weighted by Gasteiger charge is -2.18. The van der Waals surface area contributed by atoms with Gasteiger partial charge in [-0.3, -0.25) is 5.32 Å². The van der Waals surface area contributed by atoms with Crippen LogP contribution in [0.5, 0.6) is 5.75 Å². The van der Waals surface area contributed by atoms with Gasteiger partial charge in [0.1, 0.15) is 10.8 Å². The molecule has 0 radical (unpaired) electrons. The number of carbonyl (C=O) groups excluding carboxylic acids is 1. The molecule has 0 saturated heterocycles. The van der Waals surface area contributed by atoms with Crippen LogP contribution in [0.3, 0.4) is 0 Å². The van der Waals surface area contributed by atoms with Gasteiger partial charge in [0, 0.05) is 5.56 Å². The number of carbonyl (C=O) groups is 1. The van der Waals surface area contributed by atoms with E-state index in [2.05, 4.69) is 53.7 Å². The zero-order valence-corrected chi connectivity index (χ0v) is 16.6. The van der Waals surface area contributed by atoms with E-state index >= 15 is 0 Å². The van der Waals surface area contributed by atoms with Gasteiger partial charge in [-0.25, -0.2) is 4.79 Å². The number of anilines is 2. The molecule has 0 aliphatic rings. The van der Waals surface area contributed by atoms with Crippen LogP contribution in [0, 0.1) is 0 Å². The summed E-state index contributed by atoms with van der Waals surface area (Å²) >= 11 is 1.32. The van der Waals surface area contributed by atoms with Crippen molar-refractivity contribution in [2.45, 2.75) is 26.2 Å². The molecule has 6 nitrogen and oxygen atoms in total. The van der Waals surface area contributed by atoms with Crippen molar-refractivity contribution in [3.63, 3.8) is 0 Å². The molecule has 7 heteroatoms. The van der Waals surface area contributed by atoms with Crippen molar-refractivity contribution in [1.29, 1.82) is 0 Å². The number of hydrogen-bond donors (Lipinski definition) is 2. The normalized spacial score (nSPS) is 11.1. The quantitative estimate of drug-likeness (QED) is 0.654. The minimum absolute atomic E-state index is 0.100. The summed E-state index contributed by atoms with van der Waals surface area (Å²) in [5, 5.41) is 14.9. The third-order valence-corrected chi connectivity index (χ3v) is 4.89. The summed E-state index contributed by atoms with van der Waals surface area (Å²) in [5.41, 5.74) is 2.91. The Kier molecular flexibility index (Phi) is 5.41. The number of para-hydroxylation sites is 2. The number of ether oxygens (including phenoxy) is 1. The number of nitrogens with zero attached hydrogens (tertiary/aromatic N) is 2. The van der Waals surface area contributed by atoms with Crippen LogP contribution in [0.15, 0.2) is 48.5 Å². The summed E-state index contributed by atoms with van der Waals surface area (Å²) in [6, 6.07) is 15.0. The number of aromatic nitrogens is 2. The molecule has 0 bridgehead atoms. The average molecular weight is 382 g/mol. The second-order valence-electron chi connectivity index (χ2n) is 7.02. The largest absolute Gasteiger partial charge is 0.495 e. The predicted octanol–water partition coefficient (Wildman–Crippen LogP) is 5.16. The fourth-order valence-electron chi connectivity index (χ4n) is 2.50. The first-order valence-corrected chi connectivity index (χ1v) is 9.34. The number of benzene rings is 2. The molecule has 1 heterocycles. The van der Waals surface area contributed by atoms with E-state index in [-0.39, 0.29) is 5.41 Å². The molecule has 0 unspecified atom stereocenters. The molecule has 1 aromatic heterocycles. The molecule has 0 saturated carbocycles. The second kappa shape index (κ2) is 7.75. The Balaban J connectivity index is 1.68. The fourth-order valence-corrected chi connectivity index (χ4v) is 3.25. The maximum Gasteiger partial charge on any atom is 0.325 e. The molecule has 27 heavy (non-hydrogen) atoms. The van der Waals surface area contributed by atoms with Crippen LogP contribution >= 0.6 is 11.3 Å². The first-order chi connectivity index (χ1) is 12.9. The van der Waals surface area contributed by atoms with Crippen molar-refractivity contribution in [3.05, 3.63) is 54.1 Å². The Morgan fingerprint density at radius 2 is 1.70 bits per heavy atom. The second-order valence-corrected chi connectivity index (χ2v) is 8.00. The van der Waals surface area contributed by atoms with Crippen LogP contribution in [0.4, 0.5) is 15.6 Å². The summed E-state index contributed by atoms with van der Waals surface area (Å²) in [6.07, 6.45) is 0. The maximum absolute atomic E-state index is 12.2. The molecule has 0 aliphatic heterocycles. The highest BCUT2D eigenvalue weighted by atomic mass is 32.1. The average Bonchev–Trinajstić information content (AvgIpc) is 3.10. The molecule has 2 N–H and O–H groups in total. The summed E-state index contributed by atoms with van der Waals surface area (Å²) in [6.45, 7) is 6.53. The van der Waals surface area contributed by atoms with Crippen LogP contribution in [0.1, 0.15) is 26.3 Å². The van der Waals surface area contributed by atoms with E-state index in [4.69, 9.17) is 4.74 Å². The molecule has 3 rings (SSSR count). The molecule has 2 amide bonds. The third kappa shape index (κ3) is 4.62. The van der Waals surface area contributed by atoms with Gasteiger partial charge in [0.25, 0.3) is 0 Å². The number of amides is 2. The van der Waals surface area contributed by atoms with Crippen LogP contribution in [0.2, 0.25) is 0 Å². The maximum atomic E-state index is 12.2. The van der Waals surface area contributed by atoms with Gasteiger partial charge < -0.3 is 10.1 Å². The Bertz CT molecular complexity index is 930. The molecule has 0 atom stereocenters. The van der Waals surface area contributed by atoms with Crippen molar-refractivity contribution >= 4 is 28.2 Å². The minimum Gasteiger partial charge on any atom is -0.495 e. The van der Waals surface area contributed by atoms with Gasteiger partial charge in [-0.15, -0.1) is 10.2 Å². The number of urea groups is 1. The lowest BCUT2D eigenvalue weighted by atomic mass is 9.87. The first kappa shape index (κ1) is 18.8. The van der Waals surface area contributed by atoms with Gasteiger partial charge in [0.2, 0.25) is 5.13 Å². The zero-order valence-electron chi connectivity index (χ0n) is 15.7. The van der Waals surface area contributed by atoms with Crippen molar-refractivity contribution in [3.8, 4) is 16.3 Å². The van der Waals surface area contributed by atoms with E-state index < -0.39 is 6.03 Å². The van der Waals surface area contributed by atoms with Crippen molar-refractivity contribution in [2.24, 2.45) is 0 Å². The van der Waals surface area contributed by atoms with E-state index in [0.29, 0.717) is 16.6 Å². The Hall–Kier alpha value is -2.93. The molecule has 140 valence electrons. The first-order valence-electron chi connectivity index (χ1n) is 8.52. The minimum atomic E-state index is -0.398. The van der Waals surface area contributed by atoms with E-state index in [0.717, 1.165) is 10.6 Å². The molecule has 3 aromatic rings. The van der Waals surface area contributed by atoms with Crippen molar-refractivity contribution in [1.82, 2.24) is 10.2 Å². The Labute approximate surface area is 162 Å². The Morgan fingerprint density at radius 3 is 2.37 bits per heavy atom. The van der Waals surface area contributed by atoms with Gasteiger partial charge in [-0.2, -0.15) is 0 Å². The van der Waals surface area contributed by atoms with Gasteiger partial charge in [0.05, 0.1) is 12.8 Å². The fraction of sp³-hybridized carbons (Fsp3) is 0.250. The van der Waals surface area contributed by atoms with Crippen LogP contribution < -0.4 is 15.4 Å². The van der Waals surface area contributed by atoms with Crippen molar-refractivity contribution in [2.75, 3.05) is 17.7 Å². The molecule has 0 aliphatic carbocycles. The van der Waals surface area contributed by atoms with Crippen LogP contribution in [-0.2, 0) is 5.41 Å². The smallest absolute Gasteiger partial charge is 0.325 e. The number of methoxy groups -OCH3 is 1. The zero-order chi connectivity index (χ0) is 19.4. The highest BCUT2D eigenvalue weighted by molar-refractivity contribution is 7.18. The third-order valence-electron chi connectivity index (χ3n) is 4.00. The lowest BCUT2D eigenvalue weighted by Crippen LogP contribution is -2.19. The van der Waals surface area contributed by atoms with Gasteiger partial charge in [-0.1, -0.05) is 68.5 Å². The Morgan fingerprint density at radius 1 is 1.00 bits per heavy atom.